The molecule has 0 bridgehead atoms. The number of aliphatic hydroxyl groups is 1. The van der Waals surface area contributed by atoms with E-state index in [4.69, 9.17) is 4.74 Å². The van der Waals surface area contributed by atoms with E-state index in [0.29, 0.717) is 5.88 Å². The molecule has 1 fully saturated rings. The van der Waals surface area contributed by atoms with E-state index in [1.165, 1.54) is 0 Å². The molecule has 0 atom stereocenters. The highest BCUT2D eigenvalue weighted by atomic mass is 16.5. The number of hydrogen-bond donors (Lipinski definition) is 1. The first kappa shape index (κ1) is 8.40. The molecule has 0 radical (unpaired) electrons. The number of morpholine rings is 1. The quantitative estimate of drug-likeness (QED) is 0.610. The van der Waals surface area contributed by atoms with Crippen LogP contribution in [0.5, 0.6) is 0 Å². The fourth-order valence-corrected chi connectivity index (χ4v) is 1.10. The molecule has 0 spiro atoms. The lowest BCUT2D eigenvalue weighted by atomic mass is 10.4. The predicted octanol–water partition coefficient (Wildman–Crippen LogP) is 1.13. The van der Waals surface area contributed by atoms with Crippen LogP contribution in [-0.4, -0.2) is 36.3 Å². The van der Waals surface area contributed by atoms with Gasteiger partial charge >= 0.3 is 0 Å². The van der Waals surface area contributed by atoms with Gasteiger partial charge in [0.05, 0.1) is 13.2 Å². The molecule has 0 aromatic rings. The van der Waals surface area contributed by atoms with Gasteiger partial charge in [-0.1, -0.05) is 6.92 Å². The Morgan fingerprint density at radius 1 is 1.55 bits per heavy atom. The molecule has 1 heterocycles. The van der Waals surface area contributed by atoms with Crippen molar-refractivity contribution in [3.05, 3.63) is 12.0 Å². The van der Waals surface area contributed by atoms with Gasteiger partial charge in [-0.05, 0) is 12.5 Å². The van der Waals surface area contributed by atoms with Gasteiger partial charge in [0.1, 0.15) is 0 Å². The van der Waals surface area contributed by atoms with Crippen molar-refractivity contribution in [2.24, 2.45) is 0 Å². The van der Waals surface area contributed by atoms with E-state index in [2.05, 4.69) is 0 Å². The first-order chi connectivity index (χ1) is 5.34. The number of rotatable bonds is 2. The first-order valence-corrected chi connectivity index (χ1v) is 4.06. The summed E-state index contributed by atoms with van der Waals surface area (Å²) in [7, 11) is 0. The minimum atomic E-state index is 0.399. The zero-order chi connectivity index (χ0) is 8.10. The predicted molar refractivity (Wildman–Crippen MR) is 43.4 cm³/mol. The Bertz CT molecular complexity index is 139. The van der Waals surface area contributed by atoms with E-state index < -0.39 is 0 Å². The summed E-state index contributed by atoms with van der Waals surface area (Å²) in [5.41, 5.74) is 0. The molecule has 64 valence electrons. The van der Waals surface area contributed by atoms with Crippen LogP contribution in [0.15, 0.2) is 12.0 Å². The second-order valence-corrected chi connectivity index (χ2v) is 2.57. The van der Waals surface area contributed by atoms with Crippen LogP contribution >= 0.6 is 0 Å². The van der Waals surface area contributed by atoms with Crippen molar-refractivity contribution in [1.29, 1.82) is 0 Å². The number of allylic oxidation sites excluding steroid dienone is 1. The number of ether oxygens (including phenoxy) is 1. The fraction of sp³-hybridized carbons (Fsp3) is 0.750. The van der Waals surface area contributed by atoms with E-state index in [1.807, 2.05) is 17.9 Å². The maximum Gasteiger partial charge on any atom is 0.182 e. The molecule has 1 aliphatic heterocycles. The second-order valence-electron chi connectivity index (χ2n) is 2.57. The summed E-state index contributed by atoms with van der Waals surface area (Å²) in [6.07, 6.45) is 2.70. The molecule has 0 amide bonds. The third-order valence-electron chi connectivity index (χ3n) is 1.72. The normalized spacial score (nSPS) is 20.5. The van der Waals surface area contributed by atoms with Gasteiger partial charge in [0, 0.05) is 13.1 Å². The van der Waals surface area contributed by atoms with E-state index in [0.717, 1.165) is 32.7 Å². The lowest BCUT2D eigenvalue weighted by molar-refractivity contribution is 0.0312. The molecule has 1 aliphatic rings. The van der Waals surface area contributed by atoms with Gasteiger partial charge in [-0.2, -0.15) is 0 Å². The molecule has 0 saturated carbocycles. The highest BCUT2D eigenvalue weighted by Gasteiger charge is 2.11. The first-order valence-electron chi connectivity index (χ1n) is 4.06. The number of aliphatic hydroxyl groups excluding tert-OH is 1. The monoisotopic (exact) mass is 157 g/mol. The molecule has 1 rings (SSSR count). The molecule has 0 aliphatic carbocycles. The average Bonchev–Trinajstić information content (AvgIpc) is 2.07. The molecular weight excluding hydrogens is 142 g/mol. The van der Waals surface area contributed by atoms with Crippen molar-refractivity contribution in [2.45, 2.75) is 13.3 Å². The SMILES string of the molecule is CC/C=C(/O)N1CCOCC1. The average molecular weight is 157 g/mol. The molecule has 0 aromatic carbocycles. The molecule has 0 aromatic heterocycles. The highest BCUT2D eigenvalue weighted by Crippen LogP contribution is 2.04. The standard InChI is InChI=1S/C8H15NO2/c1-2-3-8(10)9-4-6-11-7-5-9/h3,10H,2,4-7H2,1H3/b8-3+. The van der Waals surface area contributed by atoms with Gasteiger partial charge in [0.2, 0.25) is 0 Å². The number of nitrogens with zero attached hydrogens (tertiary/aromatic N) is 1. The van der Waals surface area contributed by atoms with Gasteiger partial charge in [-0.3, -0.25) is 0 Å². The van der Waals surface area contributed by atoms with Gasteiger partial charge in [-0.25, -0.2) is 0 Å². The van der Waals surface area contributed by atoms with Crippen molar-refractivity contribution < 1.29 is 9.84 Å². The van der Waals surface area contributed by atoms with Crippen molar-refractivity contribution in [3.8, 4) is 0 Å². The Balaban J connectivity index is 2.38. The summed E-state index contributed by atoms with van der Waals surface area (Å²) in [5, 5.41) is 9.41. The molecule has 3 nitrogen and oxygen atoms in total. The summed E-state index contributed by atoms with van der Waals surface area (Å²) in [4.78, 5) is 1.94. The number of hydrogen-bond acceptors (Lipinski definition) is 3. The van der Waals surface area contributed by atoms with E-state index >= 15 is 0 Å². The Kier molecular flexibility index (Phi) is 3.23. The molecule has 1 saturated heterocycles. The molecule has 11 heavy (non-hydrogen) atoms. The zero-order valence-corrected chi connectivity index (χ0v) is 6.92. The van der Waals surface area contributed by atoms with Crippen LogP contribution in [0.25, 0.3) is 0 Å². The van der Waals surface area contributed by atoms with E-state index in [-0.39, 0.29) is 0 Å². The largest absolute Gasteiger partial charge is 0.495 e. The van der Waals surface area contributed by atoms with Crippen LogP contribution in [0.4, 0.5) is 0 Å². The molecule has 3 heteroatoms. The summed E-state index contributed by atoms with van der Waals surface area (Å²) in [5.74, 6) is 0.399. The van der Waals surface area contributed by atoms with Gasteiger partial charge in [-0.15, -0.1) is 0 Å². The Morgan fingerprint density at radius 3 is 2.73 bits per heavy atom. The Labute approximate surface area is 67.3 Å². The van der Waals surface area contributed by atoms with Crippen LogP contribution in [0.1, 0.15) is 13.3 Å². The Morgan fingerprint density at radius 2 is 2.18 bits per heavy atom. The minimum Gasteiger partial charge on any atom is -0.495 e. The summed E-state index contributed by atoms with van der Waals surface area (Å²) < 4.78 is 5.15. The van der Waals surface area contributed by atoms with Crippen molar-refractivity contribution in [3.63, 3.8) is 0 Å². The third-order valence-corrected chi connectivity index (χ3v) is 1.72. The third kappa shape index (κ3) is 2.42. The van der Waals surface area contributed by atoms with Crippen LogP contribution in [-0.2, 0) is 4.74 Å². The van der Waals surface area contributed by atoms with Gasteiger partial charge < -0.3 is 14.7 Å². The Hall–Kier alpha value is -0.700. The van der Waals surface area contributed by atoms with Gasteiger partial charge in [0.15, 0.2) is 5.88 Å². The zero-order valence-electron chi connectivity index (χ0n) is 6.92. The maximum absolute atomic E-state index is 9.41. The molecular formula is C8H15NO2. The highest BCUT2D eigenvalue weighted by molar-refractivity contribution is 4.90. The van der Waals surface area contributed by atoms with Crippen molar-refractivity contribution in [1.82, 2.24) is 4.90 Å². The van der Waals surface area contributed by atoms with Crippen LogP contribution in [0, 0.1) is 0 Å². The summed E-state index contributed by atoms with van der Waals surface area (Å²) in [6.45, 7) is 5.07. The smallest absolute Gasteiger partial charge is 0.182 e. The van der Waals surface area contributed by atoms with Crippen LogP contribution in [0.3, 0.4) is 0 Å². The van der Waals surface area contributed by atoms with Crippen molar-refractivity contribution >= 4 is 0 Å². The van der Waals surface area contributed by atoms with E-state index in [1.54, 1.807) is 0 Å². The summed E-state index contributed by atoms with van der Waals surface area (Å²) >= 11 is 0. The molecule has 0 unspecified atom stereocenters. The van der Waals surface area contributed by atoms with Crippen LogP contribution < -0.4 is 0 Å². The lowest BCUT2D eigenvalue weighted by Crippen LogP contribution is -2.35. The minimum absolute atomic E-state index is 0.399. The van der Waals surface area contributed by atoms with Gasteiger partial charge in [0.25, 0.3) is 0 Å². The molecule has 1 N–H and O–H groups in total. The fourth-order valence-electron chi connectivity index (χ4n) is 1.10. The lowest BCUT2D eigenvalue weighted by Gasteiger charge is -2.27. The van der Waals surface area contributed by atoms with Crippen LogP contribution in [0.2, 0.25) is 0 Å². The summed E-state index contributed by atoms with van der Waals surface area (Å²) in [6, 6.07) is 0. The van der Waals surface area contributed by atoms with Crippen molar-refractivity contribution in [2.75, 3.05) is 26.3 Å². The van der Waals surface area contributed by atoms with E-state index in [9.17, 15) is 5.11 Å². The second kappa shape index (κ2) is 4.23. The maximum atomic E-state index is 9.41. The topological polar surface area (TPSA) is 32.7 Å².